The Hall–Kier alpha value is -0.340. The van der Waals surface area contributed by atoms with Crippen LogP contribution in [-0.4, -0.2) is 25.8 Å². The highest BCUT2D eigenvalue weighted by Gasteiger charge is 2.16. The highest BCUT2D eigenvalue weighted by Crippen LogP contribution is 2.15. The van der Waals surface area contributed by atoms with Crippen molar-refractivity contribution in [1.29, 1.82) is 0 Å². The molecule has 1 saturated heterocycles. The third-order valence-electron chi connectivity index (χ3n) is 3.22. The molecule has 1 aliphatic carbocycles. The molecule has 0 saturated carbocycles. The first kappa shape index (κ1) is 10.2. The predicted octanol–water partition coefficient (Wildman–Crippen LogP) is 2.11. The number of hydrogen-bond acceptors (Lipinski definition) is 2. The summed E-state index contributed by atoms with van der Waals surface area (Å²) in [5.41, 5.74) is 0. The van der Waals surface area contributed by atoms with Crippen LogP contribution < -0.4 is 5.32 Å². The minimum Gasteiger partial charge on any atom is -0.381 e. The van der Waals surface area contributed by atoms with Crippen molar-refractivity contribution in [1.82, 2.24) is 5.32 Å². The predicted molar refractivity (Wildman–Crippen MR) is 58.3 cm³/mol. The zero-order valence-electron chi connectivity index (χ0n) is 8.87. The average molecular weight is 195 g/mol. The lowest BCUT2D eigenvalue weighted by atomic mass is 9.99. The van der Waals surface area contributed by atoms with Gasteiger partial charge in [0.1, 0.15) is 0 Å². The van der Waals surface area contributed by atoms with Gasteiger partial charge in [0.15, 0.2) is 0 Å². The van der Waals surface area contributed by atoms with Gasteiger partial charge in [0.25, 0.3) is 0 Å². The van der Waals surface area contributed by atoms with E-state index in [-0.39, 0.29) is 0 Å². The number of hydrogen-bond donors (Lipinski definition) is 1. The minimum absolute atomic E-state index is 0.724. The van der Waals surface area contributed by atoms with Gasteiger partial charge in [-0.2, -0.15) is 0 Å². The van der Waals surface area contributed by atoms with E-state index >= 15 is 0 Å². The van der Waals surface area contributed by atoms with E-state index in [9.17, 15) is 0 Å². The summed E-state index contributed by atoms with van der Waals surface area (Å²) in [6.45, 7) is 3.09. The molecule has 1 heterocycles. The van der Waals surface area contributed by atoms with Gasteiger partial charge in [-0.05, 0) is 38.0 Å². The molecule has 0 amide bonds. The maximum absolute atomic E-state index is 5.47. The van der Waals surface area contributed by atoms with Crippen LogP contribution in [0.25, 0.3) is 0 Å². The smallest absolute Gasteiger partial charge is 0.0506 e. The summed E-state index contributed by atoms with van der Waals surface area (Å²) in [4.78, 5) is 0. The lowest BCUT2D eigenvalue weighted by molar-refractivity contribution is 0.0537. The lowest BCUT2D eigenvalue weighted by Gasteiger charge is -2.26. The van der Waals surface area contributed by atoms with Crippen molar-refractivity contribution in [2.45, 2.75) is 38.1 Å². The van der Waals surface area contributed by atoms with Gasteiger partial charge in [0, 0.05) is 19.2 Å². The molecule has 1 N–H and O–H groups in total. The fraction of sp³-hybridized carbons (Fsp3) is 0.833. The summed E-state index contributed by atoms with van der Waals surface area (Å²) in [7, 11) is 0. The second-order valence-electron chi connectivity index (χ2n) is 4.47. The molecule has 0 aromatic rings. The van der Waals surface area contributed by atoms with Crippen molar-refractivity contribution in [2.24, 2.45) is 5.92 Å². The third-order valence-corrected chi connectivity index (χ3v) is 3.22. The molecule has 2 unspecified atom stereocenters. The largest absolute Gasteiger partial charge is 0.381 e. The molecule has 2 atom stereocenters. The maximum atomic E-state index is 5.47. The van der Waals surface area contributed by atoms with Crippen molar-refractivity contribution >= 4 is 0 Å². The van der Waals surface area contributed by atoms with E-state index in [1.165, 1.54) is 32.1 Å². The van der Waals surface area contributed by atoms with Gasteiger partial charge in [0.2, 0.25) is 0 Å². The van der Waals surface area contributed by atoms with Crippen LogP contribution in [0, 0.1) is 5.92 Å². The summed E-state index contributed by atoms with van der Waals surface area (Å²) in [6.07, 6.45) is 11.0. The van der Waals surface area contributed by atoms with Crippen LogP contribution in [0.15, 0.2) is 12.2 Å². The van der Waals surface area contributed by atoms with Crippen LogP contribution in [0.1, 0.15) is 32.1 Å². The summed E-state index contributed by atoms with van der Waals surface area (Å²) < 4.78 is 5.47. The Bertz CT molecular complexity index is 185. The fourth-order valence-corrected chi connectivity index (χ4v) is 2.28. The number of nitrogens with one attached hydrogen (secondary N) is 1. The van der Waals surface area contributed by atoms with Crippen LogP contribution in [0.4, 0.5) is 0 Å². The monoisotopic (exact) mass is 195 g/mol. The molecule has 0 aromatic carbocycles. The normalized spacial score (nSPS) is 33.1. The summed E-state index contributed by atoms with van der Waals surface area (Å²) in [5, 5.41) is 3.66. The van der Waals surface area contributed by atoms with E-state index in [1.807, 2.05) is 0 Å². The van der Waals surface area contributed by atoms with Gasteiger partial charge in [-0.1, -0.05) is 12.2 Å². The fourth-order valence-electron chi connectivity index (χ4n) is 2.28. The van der Waals surface area contributed by atoms with E-state index in [4.69, 9.17) is 4.74 Å². The van der Waals surface area contributed by atoms with Crippen molar-refractivity contribution < 1.29 is 4.74 Å². The molecule has 2 aliphatic rings. The summed E-state index contributed by atoms with van der Waals surface area (Å²) >= 11 is 0. The van der Waals surface area contributed by atoms with Gasteiger partial charge in [-0.25, -0.2) is 0 Å². The van der Waals surface area contributed by atoms with Crippen molar-refractivity contribution in [3.8, 4) is 0 Å². The van der Waals surface area contributed by atoms with Gasteiger partial charge in [-0.3, -0.25) is 0 Å². The Morgan fingerprint density at radius 1 is 1.29 bits per heavy atom. The first-order valence-electron chi connectivity index (χ1n) is 5.91. The van der Waals surface area contributed by atoms with Crippen LogP contribution >= 0.6 is 0 Å². The SMILES string of the molecule is C1=CCC(NCC2CCCOC2)CC1. The molecule has 2 heteroatoms. The molecular weight excluding hydrogens is 174 g/mol. The molecular formula is C12H21NO. The van der Waals surface area contributed by atoms with Crippen molar-refractivity contribution in [3.63, 3.8) is 0 Å². The third kappa shape index (κ3) is 3.10. The number of ether oxygens (including phenoxy) is 1. The average Bonchev–Trinajstić information content (AvgIpc) is 2.29. The van der Waals surface area contributed by atoms with E-state index in [2.05, 4.69) is 17.5 Å². The van der Waals surface area contributed by atoms with Crippen LogP contribution in [0.2, 0.25) is 0 Å². The molecule has 14 heavy (non-hydrogen) atoms. The molecule has 1 fully saturated rings. The Balaban J connectivity index is 1.63. The van der Waals surface area contributed by atoms with Gasteiger partial charge < -0.3 is 10.1 Å². The molecule has 0 aromatic heterocycles. The van der Waals surface area contributed by atoms with Gasteiger partial charge in [-0.15, -0.1) is 0 Å². The van der Waals surface area contributed by atoms with E-state index in [1.54, 1.807) is 0 Å². The molecule has 2 nitrogen and oxygen atoms in total. The second-order valence-corrected chi connectivity index (χ2v) is 4.47. The second kappa shape index (κ2) is 5.52. The van der Waals surface area contributed by atoms with E-state index in [0.29, 0.717) is 0 Å². The minimum atomic E-state index is 0.724. The molecule has 80 valence electrons. The first-order valence-corrected chi connectivity index (χ1v) is 5.91. The topological polar surface area (TPSA) is 21.3 Å². The van der Waals surface area contributed by atoms with Crippen LogP contribution in [0.3, 0.4) is 0 Å². The van der Waals surface area contributed by atoms with E-state index in [0.717, 1.165) is 31.7 Å². The van der Waals surface area contributed by atoms with Gasteiger partial charge in [0.05, 0.1) is 6.61 Å². The Morgan fingerprint density at radius 3 is 3.00 bits per heavy atom. The summed E-state index contributed by atoms with van der Waals surface area (Å²) in [6, 6.07) is 0.724. The van der Waals surface area contributed by atoms with Crippen LogP contribution in [0.5, 0.6) is 0 Å². The standard InChI is InChI=1S/C12H21NO/c1-2-6-12(7-3-1)13-9-11-5-4-8-14-10-11/h1-2,11-13H,3-10H2. The molecule has 0 bridgehead atoms. The number of rotatable bonds is 3. The highest BCUT2D eigenvalue weighted by atomic mass is 16.5. The molecule has 0 radical (unpaired) electrons. The number of allylic oxidation sites excluding steroid dienone is 1. The van der Waals surface area contributed by atoms with Crippen molar-refractivity contribution in [2.75, 3.05) is 19.8 Å². The van der Waals surface area contributed by atoms with Crippen molar-refractivity contribution in [3.05, 3.63) is 12.2 Å². The molecule has 1 aliphatic heterocycles. The Morgan fingerprint density at radius 2 is 2.29 bits per heavy atom. The zero-order chi connectivity index (χ0) is 9.64. The van der Waals surface area contributed by atoms with Gasteiger partial charge >= 0.3 is 0 Å². The maximum Gasteiger partial charge on any atom is 0.0506 e. The zero-order valence-corrected chi connectivity index (χ0v) is 8.87. The Labute approximate surface area is 86.7 Å². The first-order chi connectivity index (χ1) is 6.95. The Kier molecular flexibility index (Phi) is 4.02. The summed E-state index contributed by atoms with van der Waals surface area (Å²) in [5.74, 6) is 0.759. The molecule has 0 spiro atoms. The van der Waals surface area contributed by atoms with Crippen LogP contribution in [-0.2, 0) is 4.74 Å². The van der Waals surface area contributed by atoms with E-state index < -0.39 is 0 Å². The highest BCUT2D eigenvalue weighted by molar-refractivity contribution is 4.93. The molecule has 2 rings (SSSR count). The quantitative estimate of drug-likeness (QED) is 0.696. The lowest BCUT2D eigenvalue weighted by Crippen LogP contribution is -2.36.